The van der Waals surface area contributed by atoms with E-state index in [2.05, 4.69) is 25.9 Å². The van der Waals surface area contributed by atoms with Gasteiger partial charge in [-0.25, -0.2) is 4.98 Å². The highest BCUT2D eigenvalue weighted by Crippen LogP contribution is 2.33. The van der Waals surface area contributed by atoms with E-state index in [9.17, 15) is 0 Å². The third-order valence-corrected chi connectivity index (χ3v) is 2.84. The summed E-state index contributed by atoms with van der Waals surface area (Å²) in [6.07, 6.45) is 1.30. The monoisotopic (exact) mass is 299 g/mol. The Kier molecular flexibility index (Phi) is 3.26. The summed E-state index contributed by atoms with van der Waals surface area (Å²) in [5.41, 5.74) is 5.54. The molecule has 0 aliphatic heterocycles. The van der Waals surface area contributed by atoms with E-state index in [4.69, 9.17) is 22.1 Å². The highest BCUT2D eigenvalue weighted by Gasteiger charge is 2.10. The second-order valence-electron chi connectivity index (χ2n) is 2.91. The number of nitrogen functional groups attached to an aromatic ring is 1. The Morgan fingerprint density at radius 3 is 2.75 bits per heavy atom. The minimum absolute atomic E-state index is 0.193. The number of hydrogen-bond acceptors (Lipinski definition) is 4. The van der Waals surface area contributed by atoms with E-state index in [1.165, 1.54) is 6.33 Å². The largest absolute Gasteiger partial charge is 0.436 e. The zero-order valence-corrected chi connectivity index (χ0v) is 10.4. The summed E-state index contributed by atoms with van der Waals surface area (Å²) in [5, 5.41) is 0.207. The molecule has 0 atom stereocenters. The van der Waals surface area contributed by atoms with Crippen LogP contribution in [0.5, 0.6) is 11.6 Å². The zero-order valence-electron chi connectivity index (χ0n) is 8.02. The molecule has 0 radical (unpaired) electrons. The van der Waals surface area contributed by atoms with Gasteiger partial charge in [-0.15, -0.1) is 0 Å². The van der Waals surface area contributed by atoms with Gasteiger partial charge in [-0.05, 0) is 28.1 Å². The SMILES string of the molecule is Nc1ncnc(Oc2ccccc2Br)c1Cl. The lowest BCUT2D eigenvalue weighted by Gasteiger charge is -2.08. The van der Waals surface area contributed by atoms with E-state index >= 15 is 0 Å². The van der Waals surface area contributed by atoms with Crippen molar-refractivity contribution in [2.45, 2.75) is 0 Å². The Labute approximate surface area is 106 Å². The van der Waals surface area contributed by atoms with E-state index in [1.54, 1.807) is 6.07 Å². The van der Waals surface area contributed by atoms with Crippen molar-refractivity contribution in [2.75, 3.05) is 5.73 Å². The molecule has 0 saturated heterocycles. The van der Waals surface area contributed by atoms with Crippen molar-refractivity contribution in [3.63, 3.8) is 0 Å². The molecule has 2 aromatic rings. The average molecular weight is 301 g/mol. The second-order valence-corrected chi connectivity index (χ2v) is 4.14. The van der Waals surface area contributed by atoms with Gasteiger partial charge >= 0.3 is 0 Å². The minimum atomic E-state index is 0.193. The molecule has 6 heteroatoms. The number of rotatable bonds is 2. The highest BCUT2D eigenvalue weighted by molar-refractivity contribution is 9.10. The van der Waals surface area contributed by atoms with E-state index in [-0.39, 0.29) is 16.7 Å². The van der Waals surface area contributed by atoms with Crippen LogP contribution in [0.15, 0.2) is 35.1 Å². The third kappa shape index (κ3) is 2.25. The number of hydrogen-bond donors (Lipinski definition) is 1. The van der Waals surface area contributed by atoms with Crippen molar-refractivity contribution in [3.8, 4) is 11.6 Å². The first-order valence-corrected chi connectivity index (χ1v) is 5.54. The standard InChI is InChI=1S/C10H7BrClN3O/c11-6-3-1-2-4-7(6)16-10-8(12)9(13)14-5-15-10/h1-5H,(H2,13,14,15). The van der Waals surface area contributed by atoms with Crippen LogP contribution in [0.4, 0.5) is 5.82 Å². The van der Waals surface area contributed by atoms with Gasteiger partial charge in [-0.2, -0.15) is 4.98 Å². The number of nitrogens with zero attached hydrogens (tertiary/aromatic N) is 2. The van der Waals surface area contributed by atoms with Crippen LogP contribution in [0.1, 0.15) is 0 Å². The molecular formula is C10H7BrClN3O. The number of para-hydroxylation sites is 1. The van der Waals surface area contributed by atoms with Gasteiger partial charge in [0, 0.05) is 0 Å². The van der Waals surface area contributed by atoms with E-state index < -0.39 is 0 Å². The van der Waals surface area contributed by atoms with E-state index in [0.717, 1.165) is 4.47 Å². The summed E-state index contributed by atoms with van der Waals surface area (Å²) in [5.74, 6) is 1.04. The van der Waals surface area contributed by atoms with Crippen LogP contribution < -0.4 is 10.5 Å². The quantitative estimate of drug-likeness (QED) is 0.924. The molecule has 2 rings (SSSR count). The van der Waals surface area contributed by atoms with Gasteiger partial charge in [0.15, 0.2) is 0 Å². The normalized spacial score (nSPS) is 10.1. The molecule has 0 unspecified atom stereocenters. The van der Waals surface area contributed by atoms with Crippen LogP contribution in [-0.4, -0.2) is 9.97 Å². The predicted molar refractivity (Wildman–Crippen MR) is 65.7 cm³/mol. The molecule has 0 spiro atoms. The predicted octanol–water partition coefficient (Wildman–Crippen LogP) is 3.27. The summed E-state index contributed by atoms with van der Waals surface area (Å²) in [6.45, 7) is 0. The molecule has 1 heterocycles. The van der Waals surface area contributed by atoms with Crippen molar-refractivity contribution in [1.82, 2.24) is 9.97 Å². The fraction of sp³-hybridized carbons (Fsp3) is 0. The first-order chi connectivity index (χ1) is 7.68. The average Bonchev–Trinajstić information content (AvgIpc) is 2.28. The Morgan fingerprint density at radius 1 is 1.25 bits per heavy atom. The highest BCUT2D eigenvalue weighted by atomic mass is 79.9. The van der Waals surface area contributed by atoms with Gasteiger partial charge in [0.1, 0.15) is 22.9 Å². The Hall–Kier alpha value is -1.33. The summed E-state index contributed by atoms with van der Waals surface area (Å²) in [7, 11) is 0. The van der Waals surface area contributed by atoms with Crippen molar-refractivity contribution in [3.05, 3.63) is 40.1 Å². The molecule has 82 valence electrons. The fourth-order valence-corrected chi connectivity index (χ4v) is 1.57. The topological polar surface area (TPSA) is 61.0 Å². The number of benzene rings is 1. The Morgan fingerprint density at radius 2 is 2.00 bits per heavy atom. The summed E-state index contributed by atoms with van der Waals surface area (Å²) in [6, 6.07) is 7.37. The lowest BCUT2D eigenvalue weighted by molar-refractivity contribution is 0.459. The molecule has 2 N–H and O–H groups in total. The molecule has 16 heavy (non-hydrogen) atoms. The number of aromatic nitrogens is 2. The maximum absolute atomic E-state index is 5.91. The fourth-order valence-electron chi connectivity index (χ4n) is 1.07. The lowest BCUT2D eigenvalue weighted by Crippen LogP contribution is -1.96. The van der Waals surface area contributed by atoms with Crippen LogP contribution in [0, 0.1) is 0 Å². The summed E-state index contributed by atoms with van der Waals surface area (Å²) in [4.78, 5) is 7.66. The molecule has 0 amide bonds. The maximum Gasteiger partial charge on any atom is 0.243 e. The van der Waals surface area contributed by atoms with Gasteiger partial charge in [-0.1, -0.05) is 23.7 Å². The van der Waals surface area contributed by atoms with Crippen molar-refractivity contribution in [2.24, 2.45) is 0 Å². The number of ether oxygens (including phenoxy) is 1. The Bertz CT molecular complexity index is 521. The number of halogens is 2. The molecule has 0 aliphatic rings. The summed E-state index contributed by atoms with van der Waals surface area (Å²) < 4.78 is 6.32. The third-order valence-electron chi connectivity index (χ3n) is 1.83. The van der Waals surface area contributed by atoms with E-state index in [0.29, 0.717) is 5.75 Å². The van der Waals surface area contributed by atoms with Gasteiger partial charge in [0.25, 0.3) is 0 Å². The number of anilines is 1. The molecule has 0 saturated carbocycles. The molecule has 1 aromatic heterocycles. The van der Waals surface area contributed by atoms with Crippen molar-refractivity contribution >= 4 is 33.3 Å². The Balaban J connectivity index is 2.35. The van der Waals surface area contributed by atoms with E-state index in [1.807, 2.05) is 18.2 Å². The summed E-state index contributed by atoms with van der Waals surface area (Å²) >= 11 is 9.26. The maximum atomic E-state index is 5.91. The van der Waals surface area contributed by atoms with Crippen LogP contribution in [0.3, 0.4) is 0 Å². The van der Waals surface area contributed by atoms with Crippen LogP contribution in [-0.2, 0) is 0 Å². The van der Waals surface area contributed by atoms with Crippen molar-refractivity contribution < 1.29 is 4.74 Å². The first-order valence-electron chi connectivity index (χ1n) is 4.37. The second kappa shape index (κ2) is 4.67. The first kappa shape index (κ1) is 11.2. The van der Waals surface area contributed by atoms with Gasteiger partial charge in [-0.3, -0.25) is 0 Å². The van der Waals surface area contributed by atoms with Gasteiger partial charge in [0.2, 0.25) is 5.88 Å². The molecule has 0 fully saturated rings. The van der Waals surface area contributed by atoms with Crippen LogP contribution >= 0.6 is 27.5 Å². The minimum Gasteiger partial charge on any atom is -0.436 e. The van der Waals surface area contributed by atoms with Gasteiger partial charge in [0.05, 0.1) is 4.47 Å². The molecule has 0 aliphatic carbocycles. The van der Waals surface area contributed by atoms with Crippen LogP contribution in [0.25, 0.3) is 0 Å². The lowest BCUT2D eigenvalue weighted by atomic mass is 10.3. The van der Waals surface area contributed by atoms with Crippen molar-refractivity contribution in [1.29, 1.82) is 0 Å². The molecular weight excluding hydrogens is 293 g/mol. The molecule has 4 nitrogen and oxygen atoms in total. The smallest absolute Gasteiger partial charge is 0.243 e. The zero-order chi connectivity index (χ0) is 11.5. The molecule has 1 aromatic carbocycles. The molecule has 0 bridgehead atoms. The van der Waals surface area contributed by atoms with Gasteiger partial charge < -0.3 is 10.5 Å². The van der Waals surface area contributed by atoms with Crippen LogP contribution in [0.2, 0.25) is 5.02 Å². The number of nitrogens with two attached hydrogens (primary N) is 1.